The van der Waals surface area contributed by atoms with Crippen molar-refractivity contribution in [2.45, 2.75) is 20.3 Å². The van der Waals surface area contributed by atoms with Gasteiger partial charge in [0.25, 0.3) is 6.47 Å². The van der Waals surface area contributed by atoms with Gasteiger partial charge in [-0.2, -0.15) is 0 Å². The first-order valence-electron chi connectivity index (χ1n) is 4.07. The van der Waals surface area contributed by atoms with E-state index in [1.165, 1.54) is 19.5 Å². The number of rotatable bonds is 2. The third-order valence-electron chi connectivity index (χ3n) is 1.54. The zero-order valence-electron chi connectivity index (χ0n) is 7.30. The van der Waals surface area contributed by atoms with Crippen LogP contribution < -0.4 is 5.32 Å². The van der Waals surface area contributed by atoms with Gasteiger partial charge in [-0.25, -0.2) is 0 Å². The van der Waals surface area contributed by atoms with Crippen LogP contribution >= 0.6 is 0 Å². The van der Waals surface area contributed by atoms with E-state index in [-0.39, 0.29) is 0 Å². The molecular formula is C8H17NO2. The maximum Gasteiger partial charge on any atom is 0.293 e. The van der Waals surface area contributed by atoms with Gasteiger partial charge in [0.15, 0.2) is 0 Å². The minimum absolute atomic E-state index is 0.431. The average Bonchev–Trinajstić information content (AvgIpc) is 2.43. The van der Waals surface area contributed by atoms with Crippen LogP contribution in [0.25, 0.3) is 0 Å². The van der Waals surface area contributed by atoms with E-state index in [2.05, 4.69) is 17.0 Å². The molecule has 0 saturated carbocycles. The Balaban J connectivity index is 0.000000187. The molecule has 0 spiro atoms. The summed E-state index contributed by atoms with van der Waals surface area (Å²) in [5.74, 6) is 0.935. The molecule has 1 saturated heterocycles. The molecule has 0 aromatic rings. The standard InChI is InChI=1S/C5H11N.C3H6O2/c1-5-2-3-6-4-5;1-2-5-3-4/h5-6H,2-4H2,1H3;3H,2H2,1H3. The zero-order chi connectivity index (χ0) is 8.53. The van der Waals surface area contributed by atoms with Crippen molar-refractivity contribution in [1.82, 2.24) is 5.32 Å². The number of ether oxygens (including phenoxy) is 1. The molecule has 0 aromatic heterocycles. The number of hydrogen-bond acceptors (Lipinski definition) is 3. The molecule has 1 fully saturated rings. The normalized spacial score (nSPS) is 21.8. The van der Waals surface area contributed by atoms with Crippen molar-refractivity contribution in [2.24, 2.45) is 5.92 Å². The molecule has 3 heteroatoms. The maximum absolute atomic E-state index is 9.18. The Hall–Kier alpha value is -0.570. The first kappa shape index (κ1) is 10.4. The predicted molar refractivity (Wildman–Crippen MR) is 44.3 cm³/mol. The topological polar surface area (TPSA) is 38.3 Å². The van der Waals surface area contributed by atoms with Gasteiger partial charge in [-0.3, -0.25) is 4.79 Å². The number of carbonyl (C=O) groups excluding carboxylic acids is 1. The fourth-order valence-corrected chi connectivity index (χ4v) is 0.867. The van der Waals surface area contributed by atoms with Crippen molar-refractivity contribution in [2.75, 3.05) is 19.7 Å². The Morgan fingerprint density at radius 1 is 1.73 bits per heavy atom. The Bertz CT molecular complexity index is 90.1. The van der Waals surface area contributed by atoms with Gasteiger partial charge in [0.1, 0.15) is 0 Å². The molecule has 1 heterocycles. The number of carbonyl (C=O) groups is 1. The van der Waals surface area contributed by atoms with Crippen LogP contribution in [-0.4, -0.2) is 26.2 Å². The molecule has 0 aliphatic carbocycles. The summed E-state index contributed by atoms with van der Waals surface area (Å²) >= 11 is 0. The molecule has 1 unspecified atom stereocenters. The lowest BCUT2D eigenvalue weighted by Crippen LogP contribution is -2.06. The Morgan fingerprint density at radius 2 is 2.45 bits per heavy atom. The Labute approximate surface area is 68.1 Å². The largest absolute Gasteiger partial charge is 0.468 e. The predicted octanol–water partition coefficient (Wildman–Crippen LogP) is 0.795. The van der Waals surface area contributed by atoms with Crippen LogP contribution in [0, 0.1) is 5.92 Å². The molecule has 11 heavy (non-hydrogen) atoms. The van der Waals surface area contributed by atoms with Crippen LogP contribution in [-0.2, 0) is 9.53 Å². The number of nitrogens with one attached hydrogen (secondary N) is 1. The van der Waals surface area contributed by atoms with Gasteiger partial charge in [0, 0.05) is 0 Å². The highest BCUT2D eigenvalue weighted by Gasteiger charge is 2.06. The summed E-state index contributed by atoms with van der Waals surface area (Å²) in [6, 6.07) is 0. The van der Waals surface area contributed by atoms with E-state index in [4.69, 9.17) is 0 Å². The molecule has 0 aromatic carbocycles. The minimum atomic E-state index is 0.431. The van der Waals surface area contributed by atoms with E-state index in [1.807, 2.05) is 0 Å². The van der Waals surface area contributed by atoms with Crippen molar-refractivity contribution in [3.63, 3.8) is 0 Å². The summed E-state index contributed by atoms with van der Waals surface area (Å²) in [4.78, 5) is 9.18. The molecule has 1 rings (SSSR count). The van der Waals surface area contributed by atoms with Crippen LogP contribution in [0.3, 0.4) is 0 Å². The lowest BCUT2D eigenvalue weighted by atomic mass is 10.2. The first-order chi connectivity index (χ1) is 5.31. The second kappa shape index (κ2) is 7.54. The van der Waals surface area contributed by atoms with E-state index in [0.29, 0.717) is 13.1 Å². The molecule has 0 amide bonds. The molecule has 1 atom stereocenters. The van der Waals surface area contributed by atoms with Crippen LogP contribution in [0.5, 0.6) is 0 Å². The van der Waals surface area contributed by atoms with E-state index in [1.54, 1.807) is 6.92 Å². The number of hydrogen-bond donors (Lipinski definition) is 1. The quantitative estimate of drug-likeness (QED) is 0.605. The molecule has 0 bridgehead atoms. The lowest BCUT2D eigenvalue weighted by Gasteiger charge is -1.90. The fraction of sp³-hybridized carbons (Fsp3) is 0.875. The van der Waals surface area contributed by atoms with E-state index < -0.39 is 0 Å². The van der Waals surface area contributed by atoms with Gasteiger partial charge < -0.3 is 10.1 Å². The molecule has 1 N–H and O–H groups in total. The van der Waals surface area contributed by atoms with E-state index in [0.717, 1.165) is 5.92 Å². The van der Waals surface area contributed by atoms with Crippen LogP contribution in [0.1, 0.15) is 20.3 Å². The highest BCUT2D eigenvalue weighted by Crippen LogP contribution is 2.03. The van der Waals surface area contributed by atoms with Crippen molar-refractivity contribution in [3.8, 4) is 0 Å². The molecular weight excluding hydrogens is 142 g/mol. The van der Waals surface area contributed by atoms with Crippen molar-refractivity contribution >= 4 is 6.47 Å². The summed E-state index contributed by atoms with van der Waals surface area (Å²) in [5, 5.41) is 3.27. The molecule has 1 aliphatic rings. The third kappa shape index (κ3) is 7.33. The third-order valence-corrected chi connectivity index (χ3v) is 1.54. The van der Waals surface area contributed by atoms with Crippen molar-refractivity contribution in [1.29, 1.82) is 0 Å². The van der Waals surface area contributed by atoms with Gasteiger partial charge in [0.05, 0.1) is 6.61 Å². The van der Waals surface area contributed by atoms with Gasteiger partial charge in [-0.05, 0) is 32.4 Å². The molecule has 0 radical (unpaired) electrons. The van der Waals surface area contributed by atoms with Crippen molar-refractivity contribution in [3.05, 3.63) is 0 Å². The summed E-state index contributed by atoms with van der Waals surface area (Å²) in [5.41, 5.74) is 0. The highest BCUT2D eigenvalue weighted by molar-refractivity contribution is 5.36. The van der Waals surface area contributed by atoms with Crippen LogP contribution in [0.2, 0.25) is 0 Å². The minimum Gasteiger partial charge on any atom is -0.468 e. The van der Waals surface area contributed by atoms with Crippen LogP contribution in [0.15, 0.2) is 0 Å². The summed E-state index contributed by atoms with van der Waals surface area (Å²) in [7, 11) is 0. The molecule has 3 nitrogen and oxygen atoms in total. The summed E-state index contributed by atoms with van der Waals surface area (Å²) < 4.78 is 4.15. The van der Waals surface area contributed by atoms with Gasteiger partial charge in [-0.15, -0.1) is 0 Å². The zero-order valence-corrected chi connectivity index (χ0v) is 7.30. The van der Waals surface area contributed by atoms with E-state index >= 15 is 0 Å². The second-order valence-corrected chi connectivity index (χ2v) is 2.65. The average molecular weight is 159 g/mol. The smallest absolute Gasteiger partial charge is 0.293 e. The van der Waals surface area contributed by atoms with Gasteiger partial charge in [0.2, 0.25) is 0 Å². The van der Waals surface area contributed by atoms with E-state index in [9.17, 15) is 4.79 Å². The maximum atomic E-state index is 9.18. The summed E-state index contributed by atoms with van der Waals surface area (Å²) in [6.07, 6.45) is 1.38. The highest BCUT2D eigenvalue weighted by atomic mass is 16.5. The molecule has 1 aliphatic heterocycles. The monoisotopic (exact) mass is 159 g/mol. The van der Waals surface area contributed by atoms with Crippen molar-refractivity contribution < 1.29 is 9.53 Å². The second-order valence-electron chi connectivity index (χ2n) is 2.65. The van der Waals surface area contributed by atoms with Crippen LogP contribution in [0.4, 0.5) is 0 Å². The Morgan fingerprint density at radius 3 is 2.55 bits per heavy atom. The summed E-state index contributed by atoms with van der Waals surface area (Å²) in [6.45, 7) is 7.42. The lowest BCUT2D eigenvalue weighted by molar-refractivity contribution is -0.128. The Kier molecular flexibility index (Phi) is 7.15. The molecule has 66 valence electrons. The van der Waals surface area contributed by atoms with Gasteiger partial charge in [-0.1, -0.05) is 6.92 Å². The fourth-order valence-electron chi connectivity index (χ4n) is 0.867. The SMILES string of the molecule is CC1CCNC1.CCOC=O. The van der Waals surface area contributed by atoms with Gasteiger partial charge >= 0.3 is 0 Å². The first-order valence-corrected chi connectivity index (χ1v) is 4.07.